The lowest BCUT2D eigenvalue weighted by Crippen LogP contribution is -2.02. The van der Waals surface area contributed by atoms with Crippen LogP contribution in [-0.2, 0) is 9.47 Å². The fourth-order valence-electron chi connectivity index (χ4n) is 1.39. The molecule has 0 spiro atoms. The monoisotopic (exact) mass is 316 g/mol. The largest absolute Gasteiger partial charge is 0.468 e. The van der Waals surface area contributed by atoms with Crippen molar-refractivity contribution in [2.45, 2.75) is 50.0 Å². The first-order valence-corrected chi connectivity index (χ1v) is 11.7. The average Bonchev–Trinajstić information content (AvgIpc) is 2.35. The van der Waals surface area contributed by atoms with E-state index in [9.17, 15) is 0 Å². The highest BCUT2D eigenvalue weighted by Gasteiger charge is 1.90. The van der Waals surface area contributed by atoms with Gasteiger partial charge in [-0.25, -0.2) is 0 Å². The summed E-state index contributed by atoms with van der Waals surface area (Å²) < 4.78 is 12.1. The van der Waals surface area contributed by atoms with E-state index in [0.717, 1.165) is 26.1 Å². The summed E-state index contributed by atoms with van der Waals surface area (Å²) in [6, 6.07) is 0. The van der Waals surface area contributed by atoms with Gasteiger partial charge in [0.15, 0.2) is 0 Å². The highest BCUT2D eigenvalue weighted by molar-refractivity contribution is 9.23. The highest BCUT2D eigenvalue weighted by atomic mass is 79.9. The Hall–Kier alpha value is 0.906. The van der Waals surface area contributed by atoms with E-state index in [-0.39, 0.29) is 18.2 Å². The summed E-state index contributed by atoms with van der Waals surface area (Å²) >= 11 is 3.61. The summed E-state index contributed by atoms with van der Waals surface area (Å²) in [5, 5.41) is 0. The van der Waals surface area contributed by atoms with E-state index in [2.05, 4.69) is 32.0 Å². The molecule has 2 nitrogen and oxygen atoms in total. The lowest BCUT2D eigenvalue weighted by Gasteiger charge is -2.04. The Kier molecular flexibility index (Phi) is 17.8. The van der Waals surface area contributed by atoms with Crippen LogP contribution < -0.4 is 0 Å². The molecule has 0 aliphatic heterocycles. The van der Waals surface area contributed by atoms with Gasteiger partial charge in [0, 0.05) is 6.61 Å². The van der Waals surface area contributed by atoms with Crippen LogP contribution in [0.3, 0.4) is 0 Å². The minimum atomic E-state index is 0.0640. The van der Waals surface area contributed by atoms with Crippen LogP contribution in [0.15, 0.2) is 12.2 Å². The van der Waals surface area contributed by atoms with Crippen molar-refractivity contribution in [3.63, 3.8) is 0 Å². The standard InChI is InChI=1S/C13H25O2.BrH.Mg/c1-3-5-7-9-11-14-13-15-12-10-8-6-4-2;;/h5,7H,1,3-4,6,8-13H2,2H3;1H;/q;;+1/p-1/b7-5-;;. The van der Waals surface area contributed by atoms with Crippen LogP contribution in [0, 0.1) is 0 Å². The van der Waals surface area contributed by atoms with Crippen molar-refractivity contribution in [3.8, 4) is 0 Å². The summed E-state index contributed by atoms with van der Waals surface area (Å²) in [5.74, 6) is 0. The molecular weight excluding hydrogens is 292 g/mol. The smallest absolute Gasteiger partial charge is 0.355 e. The summed E-state index contributed by atoms with van der Waals surface area (Å²) in [4.78, 5) is 0. The van der Waals surface area contributed by atoms with Crippen LogP contribution in [0.4, 0.5) is 0 Å². The van der Waals surface area contributed by atoms with Gasteiger partial charge in [-0.15, -0.1) is 4.55 Å². The van der Waals surface area contributed by atoms with E-state index in [1.807, 2.05) is 0 Å². The van der Waals surface area contributed by atoms with Crippen molar-refractivity contribution in [3.05, 3.63) is 12.2 Å². The second kappa shape index (κ2) is 16.9. The molecule has 98 valence electrons. The van der Waals surface area contributed by atoms with E-state index >= 15 is 0 Å². The zero-order valence-electron chi connectivity index (χ0n) is 11.1. The minimum Gasteiger partial charge on any atom is -0.355 e. The fourth-order valence-corrected chi connectivity index (χ4v) is 2.75. The molecule has 4 heteroatoms. The molecule has 0 aliphatic carbocycles. The molecule has 0 aromatic heterocycles. The molecule has 0 aliphatic rings. The zero-order valence-corrected chi connectivity index (χ0v) is 14.1. The molecular formula is C13H25BrMgO2. The minimum absolute atomic E-state index is 0.0640. The first-order valence-electron chi connectivity index (χ1n) is 6.78. The van der Waals surface area contributed by atoms with Crippen LogP contribution >= 0.6 is 12.9 Å². The van der Waals surface area contributed by atoms with E-state index in [1.165, 1.54) is 30.2 Å². The Bertz CT molecular complexity index is 165. The Morgan fingerprint density at radius 1 is 1.00 bits per heavy atom. The van der Waals surface area contributed by atoms with Gasteiger partial charge < -0.3 is 22.4 Å². The van der Waals surface area contributed by atoms with Crippen LogP contribution in [-0.4, -0.2) is 38.2 Å². The lowest BCUT2D eigenvalue weighted by molar-refractivity contribution is -0.0531. The Morgan fingerprint density at radius 2 is 1.76 bits per heavy atom. The molecule has 0 saturated heterocycles. The third-order valence-electron chi connectivity index (χ3n) is 2.41. The van der Waals surface area contributed by atoms with Gasteiger partial charge in [-0.1, -0.05) is 44.8 Å². The molecule has 0 heterocycles. The summed E-state index contributed by atoms with van der Waals surface area (Å²) in [6.45, 7) is 4.29. The number of ether oxygens (including phenoxy) is 2. The second-order valence-corrected chi connectivity index (χ2v) is 7.55. The van der Waals surface area contributed by atoms with E-state index in [1.54, 1.807) is 0 Å². The Morgan fingerprint density at radius 3 is 2.53 bits per heavy atom. The van der Waals surface area contributed by atoms with Gasteiger partial charge in [0.1, 0.15) is 6.79 Å². The first kappa shape index (κ1) is 17.9. The molecule has 0 radical (unpaired) electrons. The highest BCUT2D eigenvalue weighted by Crippen LogP contribution is 1.99. The van der Waals surface area contributed by atoms with Crippen LogP contribution in [0.1, 0.15) is 45.4 Å². The third-order valence-corrected chi connectivity index (χ3v) is 4.77. The molecule has 0 fully saturated rings. The van der Waals surface area contributed by atoms with Gasteiger partial charge in [0.2, 0.25) is 0 Å². The van der Waals surface area contributed by atoms with Gasteiger partial charge in [-0.05, 0) is 12.8 Å². The van der Waals surface area contributed by atoms with Gasteiger partial charge >= 0.3 is 18.2 Å². The van der Waals surface area contributed by atoms with E-state index in [0.29, 0.717) is 6.79 Å². The van der Waals surface area contributed by atoms with Gasteiger partial charge in [-0.2, -0.15) is 0 Å². The van der Waals surface area contributed by atoms with Crippen molar-refractivity contribution >= 4 is 31.1 Å². The Labute approximate surface area is 122 Å². The lowest BCUT2D eigenvalue weighted by atomic mass is 10.2. The fraction of sp³-hybridized carbons (Fsp3) is 0.846. The topological polar surface area (TPSA) is 18.5 Å². The number of hydrogen-bond acceptors (Lipinski definition) is 2. The molecule has 0 aromatic carbocycles. The van der Waals surface area contributed by atoms with Gasteiger partial charge in [0.05, 0.1) is 6.61 Å². The predicted molar refractivity (Wildman–Crippen MR) is 78.8 cm³/mol. The summed E-state index contributed by atoms with van der Waals surface area (Å²) in [5.41, 5.74) is 0. The quantitative estimate of drug-likeness (QED) is 0.218. The number of halogens is 1. The van der Waals surface area contributed by atoms with Gasteiger partial charge in [0.25, 0.3) is 0 Å². The molecule has 0 rings (SSSR count). The molecule has 0 atom stereocenters. The first-order chi connectivity index (χ1) is 8.41. The molecule has 0 amide bonds. The van der Waals surface area contributed by atoms with Crippen molar-refractivity contribution in [1.29, 1.82) is 0 Å². The second-order valence-electron chi connectivity index (χ2n) is 4.09. The van der Waals surface area contributed by atoms with Crippen LogP contribution in [0.5, 0.6) is 0 Å². The van der Waals surface area contributed by atoms with Crippen molar-refractivity contribution in [1.82, 2.24) is 0 Å². The molecule has 0 bridgehead atoms. The SMILES string of the molecule is CCCCCCOCOCC/C=C\C[CH2][Mg][Br]. The normalized spacial score (nSPS) is 10.9. The molecule has 0 saturated carbocycles. The van der Waals surface area contributed by atoms with Crippen LogP contribution in [0.2, 0.25) is 4.55 Å². The molecule has 0 N–H and O–H groups in total. The summed E-state index contributed by atoms with van der Waals surface area (Å²) in [7, 11) is 0. The maximum atomic E-state index is 5.38. The predicted octanol–water partition coefficient (Wildman–Crippen LogP) is 4.33. The number of hydrogen-bond donors (Lipinski definition) is 0. The Balaban J connectivity index is 2.96. The van der Waals surface area contributed by atoms with Crippen molar-refractivity contribution < 1.29 is 9.47 Å². The molecule has 0 aromatic rings. The van der Waals surface area contributed by atoms with E-state index in [4.69, 9.17) is 9.47 Å². The van der Waals surface area contributed by atoms with E-state index < -0.39 is 0 Å². The number of allylic oxidation sites excluding steroid dienone is 1. The van der Waals surface area contributed by atoms with Crippen LogP contribution in [0.25, 0.3) is 0 Å². The zero-order chi connectivity index (χ0) is 12.6. The number of rotatable bonds is 13. The summed E-state index contributed by atoms with van der Waals surface area (Å²) in [6.07, 6.45) is 11.7. The third kappa shape index (κ3) is 16.9. The number of unbranched alkanes of at least 4 members (excludes halogenated alkanes) is 3. The maximum Gasteiger partial charge on any atom is 0.468 e. The van der Waals surface area contributed by atoms with Crippen molar-refractivity contribution in [2.75, 3.05) is 20.0 Å². The molecule has 17 heavy (non-hydrogen) atoms. The maximum absolute atomic E-state index is 5.38. The molecule has 0 unspecified atom stereocenters. The van der Waals surface area contributed by atoms with Gasteiger partial charge in [-0.3, -0.25) is 0 Å². The average molecular weight is 318 g/mol. The van der Waals surface area contributed by atoms with Crippen molar-refractivity contribution in [2.24, 2.45) is 0 Å².